The molecule has 1 amide bonds. The highest BCUT2D eigenvalue weighted by Gasteiger charge is 2.04. The molecule has 0 aliphatic carbocycles. The van der Waals surface area contributed by atoms with E-state index in [1.165, 1.54) is 14.0 Å². The zero-order chi connectivity index (χ0) is 9.44. The monoisotopic (exact) mass is 155 g/mol. The summed E-state index contributed by atoms with van der Waals surface area (Å²) in [5.74, 6) is -0.338. The minimum absolute atomic E-state index is 0.123. The summed E-state index contributed by atoms with van der Waals surface area (Å²) in [5.41, 5.74) is 0. The summed E-state index contributed by atoms with van der Waals surface area (Å²) in [6, 6.07) is 0. The van der Waals surface area contributed by atoms with Crippen LogP contribution in [0.2, 0.25) is 0 Å². The van der Waals surface area contributed by atoms with E-state index >= 15 is 0 Å². The van der Waals surface area contributed by atoms with Crippen LogP contribution < -0.4 is 0 Å². The fourth-order valence-electron chi connectivity index (χ4n) is 0.255. The van der Waals surface area contributed by atoms with Gasteiger partial charge in [-0.3, -0.25) is 15.1 Å². The predicted octanol–water partition coefficient (Wildman–Crippen LogP) is 0.902. The lowest BCUT2D eigenvalue weighted by Gasteiger charge is -2.09. The topological polar surface area (TPSA) is 56.5 Å². The number of guanidine groups is 1. The van der Waals surface area contributed by atoms with Gasteiger partial charge in [0.05, 0.1) is 0 Å². The van der Waals surface area contributed by atoms with Crippen molar-refractivity contribution in [3.63, 3.8) is 0 Å². The van der Waals surface area contributed by atoms with Gasteiger partial charge in [0.2, 0.25) is 11.9 Å². The fourth-order valence-corrected chi connectivity index (χ4v) is 0.255. The molecule has 62 valence electrons. The second kappa shape index (κ2) is 6.67. The molecule has 0 rings (SSSR count). The summed E-state index contributed by atoms with van der Waals surface area (Å²) in [6.07, 6.45) is 0. The second-order valence-corrected chi connectivity index (χ2v) is 1.56. The lowest BCUT2D eigenvalue weighted by Crippen LogP contribution is -2.28. The summed E-state index contributed by atoms with van der Waals surface area (Å²) in [4.78, 5) is 14.8. The Kier molecular flexibility index (Phi) is 7.42. The Morgan fingerprint density at radius 2 is 1.91 bits per heavy atom. The maximum absolute atomic E-state index is 10.4. The van der Waals surface area contributed by atoms with Crippen LogP contribution in [0.15, 0.2) is 18.2 Å². The van der Waals surface area contributed by atoms with Crippen LogP contribution in [0.25, 0.3) is 0 Å². The van der Waals surface area contributed by atoms with Gasteiger partial charge in [-0.25, -0.2) is 4.99 Å². The van der Waals surface area contributed by atoms with Crippen molar-refractivity contribution in [2.45, 2.75) is 6.92 Å². The van der Waals surface area contributed by atoms with Gasteiger partial charge in [0.15, 0.2) is 0 Å². The second-order valence-electron chi connectivity index (χ2n) is 1.56. The fraction of sp³-hybridized carbons (Fsp3) is 0.286. The van der Waals surface area contributed by atoms with Crippen molar-refractivity contribution < 1.29 is 4.79 Å². The van der Waals surface area contributed by atoms with Gasteiger partial charge in [0, 0.05) is 14.0 Å². The van der Waals surface area contributed by atoms with Crippen molar-refractivity contribution in [3.8, 4) is 0 Å². The summed E-state index contributed by atoms with van der Waals surface area (Å²) in [5, 5.41) is 6.95. The number of nitrogens with zero attached hydrogens (tertiary/aromatic N) is 2. The van der Waals surface area contributed by atoms with Crippen molar-refractivity contribution in [2.75, 3.05) is 7.05 Å². The van der Waals surface area contributed by atoms with Crippen molar-refractivity contribution in [2.24, 2.45) is 4.99 Å². The maximum Gasteiger partial charge on any atom is 0.225 e. The Morgan fingerprint density at radius 1 is 1.55 bits per heavy atom. The molecule has 0 spiro atoms. The lowest BCUT2D eigenvalue weighted by molar-refractivity contribution is -0.124. The third kappa shape index (κ3) is 5.02. The Labute approximate surface area is 66.7 Å². The first-order chi connectivity index (χ1) is 5.09. The molecule has 11 heavy (non-hydrogen) atoms. The van der Waals surface area contributed by atoms with Gasteiger partial charge in [-0.05, 0) is 6.72 Å². The Balaban J connectivity index is 0. The number of aliphatic imine (C=N–C) groups is 1. The zero-order valence-electron chi connectivity index (χ0n) is 6.92. The molecule has 0 saturated carbocycles. The Bertz CT molecular complexity index is 165. The van der Waals surface area contributed by atoms with Crippen LogP contribution in [0, 0.1) is 5.41 Å². The molecule has 4 heteroatoms. The molecule has 0 aliphatic rings. The summed E-state index contributed by atoms with van der Waals surface area (Å²) < 4.78 is 0. The van der Waals surface area contributed by atoms with Crippen LogP contribution in [0.1, 0.15) is 6.92 Å². The van der Waals surface area contributed by atoms with Gasteiger partial charge in [0.1, 0.15) is 0 Å². The van der Waals surface area contributed by atoms with E-state index in [0.717, 1.165) is 4.90 Å². The summed E-state index contributed by atoms with van der Waals surface area (Å²) in [6.45, 7) is 10.5. The number of hydrogen-bond acceptors (Lipinski definition) is 2. The van der Waals surface area contributed by atoms with Crippen molar-refractivity contribution in [3.05, 3.63) is 13.2 Å². The standard InChI is InChI=1S/C5H9N3O.C2H4/c1-4(9)8(3)5(6)7-2;1-2/h6H,2H2,1,3H3;1-2H2. The van der Waals surface area contributed by atoms with Crippen molar-refractivity contribution >= 4 is 18.6 Å². The Hall–Kier alpha value is -1.45. The molecule has 0 aromatic rings. The average molecular weight is 155 g/mol. The molecule has 0 aromatic carbocycles. The van der Waals surface area contributed by atoms with Gasteiger partial charge in [-0.2, -0.15) is 0 Å². The molecule has 4 nitrogen and oxygen atoms in total. The van der Waals surface area contributed by atoms with Gasteiger partial charge in [-0.1, -0.05) is 0 Å². The summed E-state index contributed by atoms with van der Waals surface area (Å²) >= 11 is 0. The van der Waals surface area contributed by atoms with Crippen molar-refractivity contribution in [1.82, 2.24) is 4.90 Å². The molecule has 0 radical (unpaired) electrons. The minimum atomic E-state index is -0.215. The van der Waals surface area contributed by atoms with E-state index in [9.17, 15) is 4.79 Å². The molecule has 0 aliphatic heterocycles. The van der Waals surface area contributed by atoms with Gasteiger partial charge in [0.25, 0.3) is 0 Å². The quantitative estimate of drug-likeness (QED) is 0.315. The van der Waals surface area contributed by atoms with Crippen molar-refractivity contribution in [1.29, 1.82) is 5.41 Å². The van der Waals surface area contributed by atoms with E-state index in [2.05, 4.69) is 24.9 Å². The number of amides is 1. The SMILES string of the molecule is C=C.C=NC(=N)N(C)C(C)=O. The lowest BCUT2D eigenvalue weighted by atomic mass is 10.6. The van der Waals surface area contributed by atoms with E-state index in [-0.39, 0.29) is 11.9 Å². The van der Waals surface area contributed by atoms with Gasteiger partial charge in [-0.15, -0.1) is 13.2 Å². The number of rotatable bonds is 0. The number of nitrogens with one attached hydrogen (secondary N) is 1. The zero-order valence-corrected chi connectivity index (χ0v) is 6.92. The van der Waals surface area contributed by atoms with E-state index in [0.29, 0.717) is 0 Å². The largest absolute Gasteiger partial charge is 0.285 e. The first-order valence-corrected chi connectivity index (χ1v) is 2.89. The van der Waals surface area contributed by atoms with Crippen LogP contribution in [0.3, 0.4) is 0 Å². The van der Waals surface area contributed by atoms with Crippen LogP contribution in [0.4, 0.5) is 0 Å². The molecular weight excluding hydrogens is 142 g/mol. The predicted molar refractivity (Wildman–Crippen MR) is 47.0 cm³/mol. The highest BCUT2D eigenvalue weighted by molar-refractivity contribution is 5.95. The molecule has 0 atom stereocenters. The minimum Gasteiger partial charge on any atom is -0.285 e. The van der Waals surface area contributed by atoms with Crippen LogP contribution in [0.5, 0.6) is 0 Å². The first kappa shape index (κ1) is 12.2. The van der Waals surface area contributed by atoms with Gasteiger partial charge < -0.3 is 0 Å². The first-order valence-electron chi connectivity index (χ1n) is 2.89. The highest BCUT2D eigenvalue weighted by Crippen LogP contribution is 1.84. The molecule has 0 bridgehead atoms. The van der Waals surface area contributed by atoms with E-state index in [4.69, 9.17) is 5.41 Å². The van der Waals surface area contributed by atoms with E-state index in [1.54, 1.807) is 0 Å². The summed E-state index contributed by atoms with van der Waals surface area (Å²) in [7, 11) is 1.47. The van der Waals surface area contributed by atoms with Crippen LogP contribution in [-0.2, 0) is 4.79 Å². The third-order valence-electron chi connectivity index (χ3n) is 0.940. The molecule has 0 heterocycles. The molecule has 0 fully saturated rings. The number of carbonyl (C=O) groups is 1. The van der Waals surface area contributed by atoms with Crippen LogP contribution >= 0.6 is 0 Å². The maximum atomic E-state index is 10.4. The molecule has 0 unspecified atom stereocenters. The molecular formula is C7H13N3O. The smallest absolute Gasteiger partial charge is 0.225 e. The normalized spacial score (nSPS) is 7.09. The molecule has 1 N–H and O–H groups in total. The highest BCUT2D eigenvalue weighted by atomic mass is 16.2. The third-order valence-corrected chi connectivity index (χ3v) is 0.940. The average Bonchev–Trinajstić information content (AvgIpc) is 2.05. The van der Waals surface area contributed by atoms with E-state index in [1.807, 2.05) is 0 Å². The van der Waals surface area contributed by atoms with Crippen LogP contribution in [-0.4, -0.2) is 30.5 Å². The number of hydrogen-bond donors (Lipinski definition) is 1. The van der Waals surface area contributed by atoms with Gasteiger partial charge >= 0.3 is 0 Å². The Morgan fingerprint density at radius 3 is 2.00 bits per heavy atom. The number of carbonyl (C=O) groups excluding carboxylic acids is 1. The molecule has 0 aromatic heterocycles. The van der Waals surface area contributed by atoms with E-state index < -0.39 is 0 Å². The molecule has 0 saturated heterocycles.